The van der Waals surface area contributed by atoms with Crippen molar-refractivity contribution < 1.29 is 4.74 Å². The summed E-state index contributed by atoms with van der Waals surface area (Å²) in [6, 6.07) is 17.3. The van der Waals surface area contributed by atoms with Crippen LogP contribution in [0.5, 0.6) is 0 Å². The number of hydrogen-bond donors (Lipinski definition) is 0. The third-order valence-corrected chi connectivity index (χ3v) is 6.28. The first-order valence-electron chi connectivity index (χ1n) is 10.9. The van der Waals surface area contributed by atoms with Gasteiger partial charge in [-0.3, -0.25) is 14.2 Å². The Kier molecular flexibility index (Phi) is 4.26. The van der Waals surface area contributed by atoms with Gasteiger partial charge in [-0.2, -0.15) is 9.78 Å². The molecule has 0 amide bonds. The van der Waals surface area contributed by atoms with Gasteiger partial charge >= 0.3 is 0 Å². The third kappa shape index (κ3) is 2.74. The van der Waals surface area contributed by atoms with E-state index in [-0.39, 0.29) is 11.1 Å². The number of fused-ring (bicyclic) bond motifs is 5. The number of nitrogens with zero attached hydrogens (tertiary/aromatic N) is 4. The van der Waals surface area contributed by atoms with E-state index < -0.39 is 6.23 Å². The summed E-state index contributed by atoms with van der Waals surface area (Å²) in [7, 11) is 0. The maximum absolute atomic E-state index is 13.8. The van der Waals surface area contributed by atoms with Crippen LogP contribution in [0.2, 0.25) is 0 Å². The fourth-order valence-corrected chi connectivity index (χ4v) is 4.67. The van der Waals surface area contributed by atoms with Crippen LogP contribution in [0.1, 0.15) is 31.1 Å². The molecule has 32 heavy (non-hydrogen) atoms. The minimum absolute atomic E-state index is 0.239. The predicted molar refractivity (Wildman–Crippen MR) is 124 cm³/mol. The van der Waals surface area contributed by atoms with E-state index >= 15 is 0 Å². The lowest BCUT2D eigenvalue weighted by Gasteiger charge is -2.24. The molecule has 5 aromatic rings. The summed E-state index contributed by atoms with van der Waals surface area (Å²) >= 11 is 0. The Morgan fingerprint density at radius 2 is 1.75 bits per heavy atom. The van der Waals surface area contributed by atoms with Gasteiger partial charge in [-0.05, 0) is 50.5 Å². The molecular weight excluding hydrogens is 404 g/mol. The molecule has 6 rings (SSSR count). The minimum Gasteiger partial charge on any atom is -0.356 e. The minimum atomic E-state index is -0.417. The molecule has 0 N–H and O–H groups in total. The highest BCUT2D eigenvalue weighted by Crippen LogP contribution is 2.25. The fourth-order valence-electron chi connectivity index (χ4n) is 4.67. The van der Waals surface area contributed by atoms with Gasteiger partial charge in [0.1, 0.15) is 11.0 Å². The Bertz CT molecular complexity index is 1600. The Morgan fingerprint density at radius 3 is 2.53 bits per heavy atom. The first-order chi connectivity index (χ1) is 15.6. The predicted octanol–water partition coefficient (Wildman–Crippen LogP) is 3.96. The molecule has 1 fully saturated rings. The lowest BCUT2D eigenvalue weighted by Crippen LogP contribution is -2.35. The van der Waals surface area contributed by atoms with Crippen LogP contribution in [0.15, 0.2) is 70.4 Å². The molecule has 1 atom stereocenters. The molecule has 0 aliphatic carbocycles. The Hall–Kier alpha value is -3.71. The summed E-state index contributed by atoms with van der Waals surface area (Å²) in [5.74, 6) is 0. The molecule has 1 aliphatic heterocycles. The van der Waals surface area contributed by atoms with Gasteiger partial charge in [-0.25, -0.2) is 0 Å². The third-order valence-electron chi connectivity index (χ3n) is 6.28. The molecular formula is C25H22N4O3. The van der Waals surface area contributed by atoms with Crippen LogP contribution in [0, 0.1) is 6.92 Å². The number of rotatable bonds is 2. The first kappa shape index (κ1) is 19.0. The van der Waals surface area contributed by atoms with Crippen LogP contribution in [0.4, 0.5) is 0 Å². The van der Waals surface area contributed by atoms with E-state index in [1.54, 1.807) is 6.20 Å². The van der Waals surface area contributed by atoms with Crippen molar-refractivity contribution in [2.24, 2.45) is 0 Å². The zero-order valence-electron chi connectivity index (χ0n) is 17.7. The van der Waals surface area contributed by atoms with E-state index in [0.717, 1.165) is 35.7 Å². The lowest BCUT2D eigenvalue weighted by atomic mass is 10.2. The number of benzene rings is 2. The van der Waals surface area contributed by atoms with Gasteiger partial charge in [-0.1, -0.05) is 35.9 Å². The molecule has 1 aliphatic rings. The molecule has 0 radical (unpaired) electrons. The van der Waals surface area contributed by atoms with Gasteiger partial charge in [0.05, 0.1) is 17.2 Å². The van der Waals surface area contributed by atoms with Crippen molar-refractivity contribution in [3.05, 3.63) is 87.1 Å². The van der Waals surface area contributed by atoms with E-state index in [9.17, 15) is 9.59 Å². The van der Waals surface area contributed by atoms with Crippen LogP contribution in [-0.4, -0.2) is 25.4 Å². The van der Waals surface area contributed by atoms with Crippen molar-refractivity contribution >= 4 is 27.5 Å². The second-order valence-electron chi connectivity index (χ2n) is 8.35. The van der Waals surface area contributed by atoms with Crippen molar-refractivity contribution in [3.8, 4) is 5.69 Å². The maximum Gasteiger partial charge on any atom is 0.295 e. The number of ether oxygens (including phenoxy) is 1. The molecule has 7 nitrogen and oxygen atoms in total. The van der Waals surface area contributed by atoms with Crippen LogP contribution < -0.4 is 11.1 Å². The van der Waals surface area contributed by atoms with Crippen molar-refractivity contribution in [3.63, 3.8) is 0 Å². The van der Waals surface area contributed by atoms with Gasteiger partial charge in [0, 0.05) is 17.7 Å². The lowest BCUT2D eigenvalue weighted by molar-refractivity contribution is -0.0421. The number of para-hydroxylation sites is 1. The average Bonchev–Trinajstić information content (AvgIpc) is 3.22. The summed E-state index contributed by atoms with van der Waals surface area (Å²) < 4.78 is 10.6. The molecule has 0 bridgehead atoms. The van der Waals surface area contributed by atoms with Crippen molar-refractivity contribution in [1.82, 2.24) is 18.7 Å². The monoisotopic (exact) mass is 426 g/mol. The standard InChI is InChI=1S/C25H22N4O3/c1-16-9-11-18(12-10-16)27-23-21(15-26-29(25(23)31)22-8-4-5-13-32-22)28-19-7-3-2-6-17(19)14-20(28)24(27)30/h2-3,6-7,9-12,14-15,22H,4-5,8,13H2,1H3. The SMILES string of the molecule is Cc1ccc(-n2c(=O)c3cc4ccccc4n3c3cnn(C4CCCCO4)c(=O)c32)cc1. The van der Waals surface area contributed by atoms with Crippen molar-refractivity contribution in [2.75, 3.05) is 6.61 Å². The average molecular weight is 426 g/mol. The molecule has 1 unspecified atom stereocenters. The Labute approximate surface area is 183 Å². The topological polar surface area (TPSA) is 70.5 Å². The second kappa shape index (κ2) is 7.17. The van der Waals surface area contributed by atoms with Gasteiger partial charge in [-0.15, -0.1) is 0 Å². The zero-order valence-corrected chi connectivity index (χ0v) is 17.7. The van der Waals surface area contributed by atoms with E-state index in [4.69, 9.17) is 4.74 Å². The number of hydrogen-bond acceptors (Lipinski definition) is 4. The summed E-state index contributed by atoms with van der Waals surface area (Å²) in [6.45, 7) is 2.59. The molecule has 0 saturated carbocycles. The van der Waals surface area contributed by atoms with E-state index in [2.05, 4.69) is 5.10 Å². The quantitative estimate of drug-likeness (QED) is 0.428. The smallest absolute Gasteiger partial charge is 0.295 e. The highest BCUT2D eigenvalue weighted by Gasteiger charge is 2.23. The highest BCUT2D eigenvalue weighted by molar-refractivity contribution is 5.93. The summed E-state index contributed by atoms with van der Waals surface area (Å²) in [5, 5.41) is 5.43. The fraction of sp³-hybridized carbons (Fsp3) is 0.240. The summed E-state index contributed by atoms with van der Waals surface area (Å²) in [4.78, 5) is 27.6. The van der Waals surface area contributed by atoms with E-state index in [0.29, 0.717) is 28.8 Å². The Morgan fingerprint density at radius 1 is 0.938 bits per heavy atom. The summed E-state index contributed by atoms with van der Waals surface area (Å²) in [6.07, 6.45) is 3.94. The molecule has 1 saturated heterocycles. The molecule has 4 heterocycles. The first-order valence-corrected chi connectivity index (χ1v) is 10.9. The molecule has 0 spiro atoms. The highest BCUT2D eigenvalue weighted by atomic mass is 16.5. The van der Waals surface area contributed by atoms with Crippen molar-refractivity contribution in [1.29, 1.82) is 0 Å². The van der Waals surface area contributed by atoms with Gasteiger partial charge in [0.15, 0.2) is 6.23 Å². The van der Waals surface area contributed by atoms with E-state index in [1.807, 2.05) is 65.9 Å². The van der Waals surface area contributed by atoms with Crippen LogP contribution in [-0.2, 0) is 4.74 Å². The largest absolute Gasteiger partial charge is 0.356 e. The number of aryl methyl sites for hydroxylation is 1. The molecule has 3 aromatic heterocycles. The van der Waals surface area contributed by atoms with Gasteiger partial charge < -0.3 is 9.14 Å². The van der Waals surface area contributed by atoms with Crippen LogP contribution in [0.25, 0.3) is 33.1 Å². The van der Waals surface area contributed by atoms with Crippen LogP contribution >= 0.6 is 0 Å². The van der Waals surface area contributed by atoms with E-state index in [1.165, 1.54) is 9.25 Å². The molecule has 7 heteroatoms. The normalized spacial score (nSPS) is 16.8. The molecule has 160 valence electrons. The second-order valence-corrected chi connectivity index (χ2v) is 8.35. The van der Waals surface area contributed by atoms with Crippen molar-refractivity contribution in [2.45, 2.75) is 32.4 Å². The summed E-state index contributed by atoms with van der Waals surface area (Å²) in [5.41, 5.74) is 3.44. The zero-order chi connectivity index (χ0) is 21.8. The maximum atomic E-state index is 13.8. The van der Waals surface area contributed by atoms with Crippen LogP contribution in [0.3, 0.4) is 0 Å². The molecule has 2 aromatic carbocycles. The van der Waals surface area contributed by atoms with Gasteiger partial charge in [0.2, 0.25) is 0 Å². The number of aromatic nitrogens is 4. The Balaban J connectivity index is 1.79. The van der Waals surface area contributed by atoms with Gasteiger partial charge in [0.25, 0.3) is 11.1 Å².